The Balaban J connectivity index is 1.88. The van der Waals surface area contributed by atoms with Crippen LogP contribution in [-0.2, 0) is 9.59 Å². The van der Waals surface area contributed by atoms with E-state index >= 15 is 0 Å². The van der Waals surface area contributed by atoms with Gasteiger partial charge in [0, 0.05) is 11.4 Å². The van der Waals surface area contributed by atoms with E-state index in [9.17, 15) is 19.8 Å². The van der Waals surface area contributed by atoms with Crippen LogP contribution in [0, 0.1) is 0 Å². The molecule has 0 aromatic heterocycles. The molecule has 22 heavy (non-hydrogen) atoms. The molecule has 7 nitrogen and oxygen atoms in total. The van der Waals surface area contributed by atoms with E-state index in [1.54, 1.807) is 0 Å². The van der Waals surface area contributed by atoms with Gasteiger partial charge in [-0.05, 0) is 33.1 Å². The van der Waals surface area contributed by atoms with Gasteiger partial charge in [-0.1, -0.05) is 6.42 Å². The Morgan fingerprint density at radius 1 is 1.41 bits per heavy atom. The van der Waals surface area contributed by atoms with Crippen LogP contribution >= 0.6 is 11.8 Å². The van der Waals surface area contributed by atoms with E-state index in [0.29, 0.717) is 12.8 Å². The zero-order chi connectivity index (χ0) is 16.5. The summed E-state index contributed by atoms with van der Waals surface area (Å²) in [4.78, 5) is 25.0. The van der Waals surface area contributed by atoms with Gasteiger partial charge in [0.15, 0.2) is 0 Å². The van der Waals surface area contributed by atoms with Crippen molar-refractivity contribution in [2.75, 3.05) is 6.61 Å². The van der Waals surface area contributed by atoms with Crippen molar-refractivity contribution < 1.29 is 24.9 Å². The van der Waals surface area contributed by atoms with E-state index < -0.39 is 29.0 Å². The van der Waals surface area contributed by atoms with Gasteiger partial charge in [-0.25, -0.2) is 4.79 Å². The fourth-order valence-electron chi connectivity index (χ4n) is 3.08. The Bertz CT molecular complexity index is 445. The van der Waals surface area contributed by atoms with Gasteiger partial charge in [0.2, 0.25) is 5.91 Å². The molecule has 2 saturated heterocycles. The zero-order valence-corrected chi connectivity index (χ0v) is 13.7. The van der Waals surface area contributed by atoms with Gasteiger partial charge in [-0.2, -0.15) is 0 Å². The van der Waals surface area contributed by atoms with Gasteiger partial charge in [-0.3, -0.25) is 10.1 Å². The van der Waals surface area contributed by atoms with Crippen molar-refractivity contribution in [1.82, 2.24) is 10.2 Å². The number of rotatable bonds is 8. The second kappa shape index (κ2) is 6.74. The number of nitrogens with zero attached hydrogens (tertiary/aromatic N) is 1. The number of aliphatic hydroxyl groups excluding tert-OH is 2. The monoisotopic (exact) mass is 332 g/mol. The van der Waals surface area contributed by atoms with Crippen LogP contribution in [0.4, 0.5) is 0 Å². The van der Waals surface area contributed by atoms with Gasteiger partial charge in [0.25, 0.3) is 0 Å². The van der Waals surface area contributed by atoms with Crippen molar-refractivity contribution >= 4 is 23.6 Å². The van der Waals surface area contributed by atoms with Crippen molar-refractivity contribution in [3.05, 3.63) is 0 Å². The molecule has 0 spiro atoms. The van der Waals surface area contributed by atoms with Gasteiger partial charge in [-0.15, -0.1) is 11.8 Å². The number of nitrogens with one attached hydrogen (secondary N) is 1. The van der Waals surface area contributed by atoms with Crippen molar-refractivity contribution in [3.63, 3.8) is 0 Å². The van der Waals surface area contributed by atoms with Crippen LogP contribution in [0.1, 0.15) is 39.5 Å². The lowest BCUT2D eigenvalue weighted by molar-refractivity contribution is -0.161. The molecule has 0 radical (unpaired) electrons. The first-order valence-corrected chi connectivity index (χ1v) is 8.45. The lowest BCUT2D eigenvalue weighted by Gasteiger charge is -2.44. The van der Waals surface area contributed by atoms with E-state index in [-0.39, 0.29) is 17.9 Å². The van der Waals surface area contributed by atoms with E-state index in [1.807, 2.05) is 13.8 Å². The first-order valence-electron chi connectivity index (χ1n) is 7.57. The third-order valence-electron chi connectivity index (χ3n) is 4.18. The minimum absolute atomic E-state index is 0.143. The molecule has 126 valence electrons. The number of aliphatic hydroxyl groups is 2. The molecule has 0 aliphatic carbocycles. The highest BCUT2D eigenvalue weighted by Crippen LogP contribution is 2.50. The maximum absolute atomic E-state index is 12.2. The maximum atomic E-state index is 12.2. The van der Waals surface area contributed by atoms with Crippen molar-refractivity contribution in [2.45, 2.75) is 68.0 Å². The standard InChI is InChI=1S/C14H24N2O5S/c1-14(2)10(13(20)21)16-11(19)9(12(16)22-14)15-8(18)6-4-3-5-7-17/h8-10,12,15,17-18H,3-7H2,1-2H3,(H,20,21)/t8?,9-,10+,12-/m1/s1. The van der Waals surface area contributed by atoms with Crippen LogP contribution in [0.25, 0.3) is 0 Å². The smallest absolute Gasteiger partial charge is 0.327 e. The quantitative estimate of drug-likeness (QED) is 0.280. The van der Waals surface area contributed by atoms with E-state index in [0.717, 1.165) is 12.8 Å². The molecule has 2 fully saturated rings. The predicted molar refractivity (Wildman–Crippen MR) is 82.2 cm³/mol. The Morgan fingerprint density at radius 3 is 2.68 bits per heavy atom. The lowest BCUT2D eigenvalue weighted by Crippen LogP contribution is -2.71. The normalized spacial score (nSPS) is 30.8. The first-order chi connectivity index (χ1) is 10.3. The number of carboxylic acid groups (broad SMARTS) is 1. The summed E-state index contributed by atoms with van der Waals surface area (Å²) < 4.78 is -0.547. The summed E-state index contributed by atoms with van der Waals surface area (Å²) in [5.41, 5.74) is 0. The topological polar surface area (TPSA) is 110 Å². The number of hydrogen-bond donors (Lipinski definition) is 4. The number of fused-ring (bicyclic) bond motifs is 1. The van der Waals surface area contributed by atoms with Crippen molar-refractivity contribution in [2.24, 2.45) is 0 Å². The second-order valence-corrected chi connectivity index (χ2v) is 8.10. The number of amides is 1. The number of unbranched alkanes of at least 4 members (excludes halogenated alkanes) is 2. The molecule has 0 aromatic carbocycles. The number of carbonyl (C=O) groups is 2. The molecule has 1 amide bonds. The van der Waals surface area contributed by atoms with Gasteiger partial charge in [0.05, 0.1) is 0 Å². The maximum Gasteiger partial charge on any atom is 0.327 e. The van der Waals surface area contributed by atoms with E-state index in [4.69, 9.17) is 5.11 Å². The largest absolute Gasteiger partial charge is 0.480 e. The summed E-state index contributed by atoms with van der Waals surface area (Å²) in [5.74, 6) is -1.25. The Kier molecular flexibility index (Phi) is 5.37. The minimum atomic E-state index is -0.989. The summed E-state index contributed by atoms with van der Waals surface area (Å²) in [7, 11) is 0. The van der Waals surface area contributed by atoms with E-state index in [2.05, 4.69) is 5.32 Å². The minimum Gasteiger partial charge on any atom is -0.480 e. The van der Waals surface area contributed by atoms with Crippen LogP contribution in [-0.4, -0.2) is 67.1 Å². The number of thioether (sulfide) groups is 1. The highest BCUT2D eigenvalue weighted by atomic mass is 32.2. The third kappa shape index (κ3) is 3.24. The van der Waals surface area contributed by atoms with Gasteiger partial charge < -0.3 is 20.2 Å². The third-order valence-corrected chi connectivity index (χ3v) is 5.75. The Morgan fingerprint density at radius 2 is 2.09 bits per heavy atom. The highest BCUT2D eigenvalue weighted by molar-refractivity contribution is 8.01. The molecule has 8 heteroatoms. The molecule has 1 unspecified atom stereocenters. The number of aliphatic carboxylic acids is 1. The molecule has 0 aromatic rings. The average Bonchev–Trinajstić information content (AvgIpc) is 2.69. The SMILES string of the molecule is CC1(C)S[C@@H]2[C@H](NC(O)CCCCCO)C(=O)N2[C@H]1C(=O)O. The molecule has 2 rings (SSSR count). The Hall–Kier alpha value is -0.830. The van der Waals surface area contributed by atoms with Crippen LogP contribution < -0.4 is 5.32 Å². The van der Waals surface area contributed by atoms with Gasteiger partial charge >= 0.3 is 5.97 Å². The van der Waals surface area contributed by atoms with Crippen LogP contribution in [0.15, 0.2) is 0 Å². The molecular weight excluding hydrogens is 308 g/mol. The molecule has 2 aliphatic rings. The lowest BCUT2D eigenvalue weighted by atomic mass is 9.96. The van der Waals surface area contributed by atoms with E-state index in [1.165, 1.54) is 16.7 Å². The molecular formula is C14H24N2O5S. The average molecular weight is 332 g/mol. The Labute approximate surface area is 134 Å². The summed E-state index contributed by atoms with van der Waals surface area (Å²) in [6.07, 6.45) is 2.01. The second-order valence-electron chi connectivity index (χ2n) is 6.33. The first kappa shape index (κ1) is 17.5. The molecule has 2 aliphatic heterocycles. The molecule has 0 saturated carbocycles. The molecule has 4 N–H and O–H groups in total. The summed E-state index contributed by atoms with van der Waals surface area (Å²) >= 11 is 1.46. The number of carboxylic acids is 1. The summed E-state index contributed by atoms with van der Waals surface area (Å²) in [5, 5.41) is 30.6. The van der Waals surface area contributed by atoms with Crippen molar-refractivity contribution in [3.8, 4) is 0 Å². The number of β-lactam (4-membered cyclic amide) rings is 1. The molecule has 2 heterocycles. The molecule has 0 bridgehead atoms. The van der Waals surface area contributed by atoms with Gasteiger partial charge in [0.1, 0.15) is 23.7 Å². The van der Waals surface area contributed by atoms with Crippen LogP contribution in [0.3, 0.4) is 0 Å². The highest BCUT2D eigenvalue weighted by Gasteiger charge is 2.63. The number of carbonyl (C=O) groups excluding carboxylic acids is 1. The summed E-state index contributed by atoms with van der Waals surface area (Å²) in [6, 6.07) is -1.35. The van der Waals surface area contributed by atoms with Crippen molar-refractivity contribution in [1.29, 1.82) is 0 Å². The fourth-order valence-corrected chi connectivity index (χ4v) is 4.72. The zero-order valence-electron chi connectivity index (χ0n) is 12.9. The summed E-state index contributed by atoms with van der Waals surface area (Å²) in [6.45, 7) is 3.79. The fraction of sp³-hybridized carbons (Fsp3) is 0.857. The van der Waals surface area contributed by atoms with Crippen LogP contribution in [0.2, 0.25) is 0 Å². The predicted octanol–water partition coefficient (Wildman–Crippen LogP) is -0.0374. The molecule has 4 atom stereocenters. The number of hydrogen-bond acceptors (Lipinski definition) is 6. The van der Waals surface area contributed by atoms with Crippen LogP contribution in [0.5, 0.6) is 0 Å².